The van der Waals surface area contributed by atoms with Gasteiger partial charge in [0.25, 0.3) is 0 Å². The van der Waals surface area contributed by atoms with Crippen LogP contribution in [0.25, 0.3) is 110 Å². The molecule has 0 heterocycles. The van der Waals surface area contributed by atoms with E-state index in [0.29, 0.717) is 41.5 Å². The van der Waals surface area contributed by atoms with Crippen LogP contribution in [-0.4, -0.2) is 11.2 Å². The molecule has 0 saturated heterocycles. The van der Waals surface area contributed by atoms with E-state index in [0.717, 1.165) is 116 Å². The Labute approximate surface area is 423 Å². The van der Waals surface area contributed by atoms with Gasteiger partial charge in [-0.15, -0.1) is 0 Å². The van der Waals surface area contributed by atoms with Crippen molar-refractivity contribution < 1.29 is 5.11 Å². The lowest BCUT2D eigenvalue weighted by Crippen LogP contribution is -2.20. The van der Waals surface area contributed by atoms with Crippen LogP contribution in [0.3, 0.4) is 0 Å². The van der Waals surface area contributed by atoms with Crippen LogP contribution in [0.2, 0.25) is 0 Å². The van der Waals surface area contributed by atoms with E-state index in [9.17, 15) is 26.2 Å². The first kappa shape index (κ1) is 44.3. The summed E-state index contributed by atoms with van der Waals surface area (Å²) in [4.78, 5) is 0. The number of hydrogen-bond acceptors (Lipinski definition) is 5. The molecule has 73 heavy (non-hydrogen) atoms. The molecule has 1 atom stereocenters. The van der Waals surface area contributed by atoms with Crippen molar-refractivity contribution in [1.82, 2.24) is 0 Å². The highest BCUT2D eigenvalue weighted by molar-refractivity contribution is 6.25. The fourth-order valence-electron chi connectivity index (χ4n) is 11.2. The topological polar surface area (TPSA) is 115 Å². The summed E-state index contributed by atoms with van der Waals surface area (Å²) in [5.41, 5.74) is 19.4. The Balaban J connectivity index is 1.14. The maximum Gasteiger partial charge on any atom is 0.0991 e. The van der Waals surface area contributed by atoms with Crippen molar-refractivity contribution in [2.45, 2.75) is 25.4 Å². The van der Waals surface area contributed by atoms with E-state index >= 15 is 0 Å². The second-order valence-corrected chi connectivity index (χ2v) is 18.8. The van der Waals surface area contributed by atoms with E-state index in [1.54, 1.807) is 0 Å². The highest BCUT2D eigenvalue weighted by Gasteiger charge is 2.29. The Morgan fingerprint density at radius 3 is 0.932 bits per heavy atom. The molecule has 1 N–H and O–H groups in total. The molecular formula is C68H42N4O. The molecule has 5 nitrogen and oxygen atoms in total. The predicted octanol–water partition coefficient (Wildman–Crippen LogP) is 16.2. The van der Waals surface area contributed by atoms with Gasteiger partial charge in [0.1, 0.15) is 0 Å². The third-order valence-electron chi connectivity index (χ3n) is 14.6. The monoisotopic (exact) mass is 930 g/mol. The summed E-state index contributed by atoms with van der Waals surface area (Å²) in [6.45, 7) is 0. The molecule has 0 aliphatic heterocycles. The summed E-state index contributed by atoms with van der Waals surface area (Å²) in [5, 5.41) is 57.0. The molecule has 5 heteroatoms. The van der Waals surface area contributed by atoms with Gasteiger partial charge in [-0.3, -0.25) is 0 Å². The van der Waals surface area contributed by atoms with Crippen LogP contribution in [0.5, 0.6) is 0 Å². The Hall–Kier alpha value is -9.88. The quantitative estimate of drug-likeness (QED) is 0.160. The zero-order valence-corrected chi connectivity index (χ0v) is 39.6. The molecule has 0 saturated carbocycles. The SMILES string of the molecule is N#Cc1ccc(-c2cc(-c3ccc(C#N)cc3)cc(-c3c4c(c(-c5c6ccccc6c(-c6cc(-c7ccc(C#N)cc7)cc(-c7ccc(C#N)cc7)c6)c6ccccc56)c5ccccc35)CC(O)CC4)c2)cc1. The third-order valence-corrected chi connectivity index (χ3v) is 14.6. The Kier molecular flexibility index (Phi) is 11.2. The lowest BCUT2D eigenvalue weighted by molar-refractivity contribution is 0.159. The average molecular weight is 931 g/mol. The maximum atomic E-state index is 11.8. The van der Waals surface area contributed by atoms with Gasteiger partial charge >= 0.3 is 0 Å². The molecule has 1 unspecified atom stereocenters. The zero-order valence-electron chi connectivity index (χ0n) is 39.6. The molecule has 11 aromatic carbocycles. The van der Waals surface area contributed by atoms with Gasteiger partial charge in [-0.1, -0.05) is 121 Å². The minimum atomic E-state index is -0.526. The number of rotatable bonds is 7. The first-order valence-corrected chi connectivity index (χ1v) is 24.4. The number of aliphatic hydroxyl groups excluding tert-OH is 1. The first-order chi connectivity index (χ1) is 35.9. The molecule has 0 spiro atoms. The molecule has 11 aromatic rings. The van der Waals surface area contributed by atoms with Crippen LogP contribution < -0.4 is 0 Å². The van der Waals surface area contributed by atoms with Gasteiger partial charge in [0, 0.05) is 0 Å². The van der Waals surface area contributed by atoms with Crippen LogP contribution in [-0.2, 0) is 12.8 Å². The van der Waals surface area contributed by atoms with E-state index in [1.807, 2.05) is 97.1 Å². The molecule has 12 rings (SSSR count). The number of nitriles is 4. The van der Waals surface area contributed by atoms with Crippen LogP contribution in [0.4, 0.5) is 0 Å². The van der Waals surface area contributed by atoms with Crippen molar-refractivity contribution in [2.75, 3.05) is 0 Å². The summed E-state index contributed by atoms with van der Waals surface area (Å²) in [5.74, 6) is 0. The van der Waals surface area contributed by atoms with Crippen LogP contribution in [0.15, 0.2) is 206 Å². The minimum absolute atomic E-state index is 0.491. The van der Waals surface area contributed by atoms with Crippen molar-refractivity contribution in [2.24, 2.45) is 0 Å². The summed E-state index contributed by atoms with van der Waals surface area (Å²) < 4.78 is 0. The first-order valence-electron chi connectivity index (χ1n) is 24.4. The molecule has 0 fully saturated rings. The van der Waals surface area contributed by atoms with Gasteiger partial charge in [0.15, 0.2) is 0 Å². The zero-order chi connectivity index (χ0) is 49.6. The van der Waals surface area contributed by atoms with E-state index in [2.05, 4.69) is 133 Å². The lowest BCUT2D eigenvalue weighted by atomic mass is 9.74. The maximum absolute atomic E-state index is 11.8. The standard InChI is InChI=1S/C68H42N4O/c69-38-42-13-21-46(22-14-42)50-31-51(47-23-15-43(39-70)16-24-47)34-54(33-50)65-57-7-1-4-10-60(57)67(61-11-5-2-8-58(61)65)68-62-12-6-3-9-59(62)66(63-30-29-56(73)37-64(63)68)55-35-52(48-25-17-44(40-71)18-26-48)32-53(36-55)49-27-19-45(41-72)20-28-49/h1-28,31-36,56,73H,29-30,37H2. The molecule has 340 valence electrons. The Morgan fingerprint density at radius 1 is 0.301 bits per heavy atom. The van der Waals surface area contributed by atoms with Gasteiger partial charge < -0.3 is 5.11 Å². The summed E-state index contributed by atoms with van der Waals surface area (Å²) in [6.07, 6.45) is 1.28. The fraction of sp³-hybridized carbons (Fsp3) is 0.0588. The largest absolute Gasteiger partial charge is 0.393 e. The van der Waals surface area contributed by atoms with Crippen molar-refractivity contribution in [3.05, 3.63) is 240 Å². The normalized spacial score (nSPS) is 12.9. The second-order valence-electron chi connectivity index (χ2n) is 18.8. The Bertz CT molecular complexity index is 3990. The summed E-state index contributed by atoms with van der Waals surface area (Å²) >= 11 is 0. The number of aliphatic hydroxyl groups is 1. The van der Waals surface area contributed by atoms with Gasteiger partial charge in [-0.05, 0) is 226 Å². The molecule has 0 aromatic heterocycles. The molecule has 0 radical (unpaired) electrons. The fourth-order valence-corrected chi connectivity index (χ4v) is 11.2. The summed E-state index contributed by atoms with van der Waals surface area (Å²) in [7, 11) is 0. The van der Waals surface area contributed by atoms with Crippen LogP contribution in [0, 0.1) is 45.3 Å². The predicted molar refractivity (Wildman–Crippen MR) is 294 cm³/mol. The van der Waals surface area contributed by atoms with Crippen LogP contribution >= 0.6 is 0 Å². The van der Waals surface area contributed by atoms with Gasteiger partial charge in [0.05, 0.1) is 52.6 Å². The van der Waals surface area contributed by atoms with Gasteiger partial charge in [-0.2, -0.15) is 21.0 Å². The molecule has 0 bridgehead atoms. The van der Waals surface area contributed by atoms with E-state index in [1.165, 1.54) is 5.56 Å². The van der Waals surface area contributed by atoms with E-state index in [-0.39, 0.29) is 0 Å². The third kappa shape index (κ3) is 7.94. The highest BCUT2D eigenvalue weighted by atomic mass is 16.3. The smallest absolute Gasteiger partial charge is 0.0991 e. The molecular weight excluding hydrogens is 889 g/mol. The Morgan fingerprint density at radius 2 is 0.589 bits per heavy atom. The molecule has 1 aliphatic rings. The minimum Gasteiger partial charge on any atom is -0.393 e. The summed E-state index contributed by atoms with van der Waals surface area (Å²) in [6, 6.07) is 79.5. The number of hydrogen-bond donors (Lipinski definition) is 1. The number of nitrogens with zero attached hydrogens (tertiary/aromatic N) is 4. The van der Waals surface area contributed by atoms with Crippen molar-refractivity contribution >= 4 is 32.3 Å². The molecule has 1 aliphatic carbocycles. The van der Waals surface area contributed by atoms with Crippen molar-refractivity contribution in [3.63, 3.8) is 0 Å². The molecule has 0 amide bonds. The van der Waals surface area contributed by atoms with E-state index < -0.39 is 6.10 Å². The van der Waals surface area contributed by atoms with Crippen molar-refractivity contribution in [3.8, 4) is 102 Å². The average Bonchev–Trinajstić information content (AvgIpc) is 3.45. The van der Waals surface area contributed by atoms with Gasteiger partial charge in [-0.25, -0.2) is 0 Å². The van der Waals surface area contributed by atoms with Crippen molar-refractivity contribution in [1.29, 1.82) is 21.0 Å². The van der Waals surface area contributed by atoms with Crippen LogP contribution in [0.1, 0.15) is 39.8 Å². The number of fused-ring (bicyclic) bond motifs is 4. The lowest BCUT2D eigenvalue weighted by Gasteiger charge is -2.30. The number of benzene rings is 11. The van der Waals surface area contributed by atoms with E-state index in [4.69, 9.17) is 0 Å². The highest BCUT2D eigenvalue weighted by Crippen LogP contribution is 2.52. The second kappa shape index (κ2) is 18.5. The van der Waals surface area contributed by atoms with Gasteiger partial charge in [0.2, 0.25) is 0 Å².